The van der Waals surface area contributed by atoms with Crippen LogP contribution < -0.4 is 0 Å². The number of rotatable bonds is 4. The first kappa shape index (κ1) is 19.4. The zero-order valence-electron chi connectivity index (χ0n) is 16.9. The van der Waals surface area contributed by atoms with E-state index in [2.05, 4.69) is 32.0 Å². The molecule has 0 aliphatic carbocycles. The highest BCUT2D eigenvalue weighted by Gasteiger charge is 2.29. The van der Waals surface area contributed by atoms with Gasteiger partial charge in [-0.3, -0.25) is 0 Å². The quantitative estimate of drug-likeness (QED) is 0.829. The fourth-order valence-corrected chi connectivity index (χ4v) is 3.66. The summed E-state index contributed by atoms with van der Waals surface area (Å²) in [7, 11) is 5.24. The van der Waals surface area contributed by atoms with Gasteiger partial charge in [0.2, 0.25) is 0 Å². The number of hydrogen-bond acceptors (Lipinski definition) is 4. The Kier molecular flexibility index (Phi) is 5.79. The van der Waals surface area contributed by atoms with E-state index >= 15 is 0 Å². The molecule has 1 aromatic carbocycles. The Morgan fingerprint density at radius 3 is 2.56 bits per heavy atom. The number of carbonyl (C=O) groups is 1. The minimum Gasteiger partial charge on any atom is -0.377 e. The lowest BCUT2D eigenvalue weighted by atomic mass is 9.96. The molecule has 0 atom stereocenters. The van der Waals surface area contributed by atoms with Crippen LogP contribution in [0.4, 0.5) is 4.79 Å². The number of piperidine rings is 1. The van der Waals surface area contributed by atoms with E-state index in [1.807, 2.05) is 9.58 Å². The smallest absolute Gasteiger partial charge is 0.319 e. The van der Waals surface area contributed by atoms with Crippen LogP contribution in [-0.4, -0.2) is 64.9 Å². The van der Waals surface area contributed by atoms with Crippen LogP contribution in [0.2, 0.25) is 0 Å². The van der Waals surface area contributed by atoms with Gasteiger partial charge in [0.05, 0.1) is 5.69 Å². The molecule has 0 saturated carbocycles. The molecule has 0 spiro atoms. The molecule has 0 N–H and O–H groups in total. The molecular weight excluding hydrogens is 342 g/mol. The van der Waals surface area contributed by atoms with Gasteiger partial charge in [0, 0.05) is 40.2 Å². The molecule has 0 bridgehead atoms. The molecule has 7 nitrogen and oxygen atoms in total. The third kappa shape index (κ3) is 4.13. The molecule has 3 rings (SSSR count). The standard InChI is InChI=1S/C20H29N5O2/c1-14-6-7-17(15(2)12-14)25-19(21-18(22-25)13-27-5)16-8-10-24(11-9-16)20(26)23(3)4/h6-7,12,16H,8-11,13H2,1-5H3. The molecule has 2 amide bonds. The second kappa shape index (κ2) is 8.08. The molecule has 27 heavy (non-hydrogen) atoms. The molecule has 1 aliphatic rings. The molecule has 1 fully saturated rings. The first-order chi connectivity index (χ1) is 12.9. The molecule has 7 heteroatoms. The van der Waals surface area contributed by atoms with Crippen LogP contribution >= 0.6 is 0 Å². The number of urea groups is 1. The van der Waals surface area contributed by atoms with Crippen LogP contribution in [0.3, 0.4) is 0 Å². The van der Waals surface area contributed by atoms with Gasteiger partial charge < -0.3 is 14.5 Å². The summed E-state index contributed by atoms with van der Waals surface area (Å²) in [4.78, 5) is 20.5. The Morgan fingerprint density at radius 2 is 1.96 bits per heavy atom. The van der Waals surface area contributed by atoms with Gasteiger partial charge in [0.1, 0.15) is 12.4 Å². The predicted octanol–water partition coefficient (Wildman–Crippen LogP) is 2.89. The number of benzene rings is 1. The van der Waals surface area contributed by atoms with Crippen molar-refractivity contribution in [3.63, 3.8) is 0 Å². The average molecular weight is 371 g/mol. The minimum absolute atomic E-state index is 0.0735. The zero-order chi connectivity index (χ0) is 19.6. The molecular formula is C20H29N5O2. The van der Waals surface area contributed by atoms with Crippen molar-refractivity contribution >= 4 is 6.03 Å². The SMILES string of the molecule is COCc1nc(C2CCN(C(=O)N(C)C)CC2)n(-c2ccc(C)cc2C)n1. The number of amides is 2. The third-order valence-electron chi connectivity index (χ3n) is 5.04. The first-order valence-electron chi connectivity index (χ1n) is 9.39. The Bertz CT molecular complexity index is 807. The van der Waals surface area contributed by atoms with Crippen molar-refractivity contribution < 1.29 is 9.53 Å². The molecule has 0 unspecified atom stereocenters. The van der Waals surface area contributed by atoms with Crippen LogP contribution in [0.5, 0.6) is 0 Å². The van der Waals surface area contributed by atoms with Crippen molar-refractivity contribution in [1.29, 1.82) is 0 Å². The summed E-state index contributed by atoms with van der Waals surface area (Å²) in [6.07, 6.45) is 1.77. The number of aromatic nitrogens is 3. The predicted molar refractivity (Wildman–Crippen MR) is 104 cm³/mol. The second-order valence-corrected chi connectivity index (χ2v) is 7.46. The Balaban J connectivity index is 1.88. The minimum atomic E-state index is 0.0735. The van der Waals surface area contributed by atoms with Crippen LogP contribution in [0, 0.1) is 13.8 Å². The third-order valence-corrected chi connectivity index (χ3v) is 5.04. The van der Waals surface area contributed by atoms with E-state index in [1.165, 1.54) is 11.1 Å². The number of aryl methyl sites for hydroxylation is 2. The largest absolute Gasteiger partial charge is 0.377 e. The van der Waals surface area contributed by atoms with Gasteiger partial charge in [-0.15, -0.1) is 5.10 Å². The van der Waals surface area contributed by atoms with Crippen molar-refractivity contribution in [2.45, 2.75) is 39.2 Å². The number of methoxy groups -OCH3 is 1. The Morgan fingerprint density at radius 1 is 1.26 bits per heavy atom. The van der Waals surface area contributed by atoms with Gasteiger partial charge in [0.25, 0.3) is 0 Å². The topological polar surface area (TPSA) is 63.5 Å². The van der Waals surface area contributed by atoms with Crippen molar-refractivity contribution in [2.75, 3.05) is 34.3 Å². The van der Waals surface area contributed by atoms with E-state index in [4.69, 9.17) is 14.8 Å². The van der Waals surface area contributed by atoms with Gasteiger partial charge in [0.15, 0.2) is 5.82 Å². The number of nitrogens with zero attached hydrogens (tertiary/aromatic N) is 5. The highest BCUT2D eigenvalue weighted by Crippen LogP contribution is 2.30. The van der Waals surface area contributed by atoms with Gasteiger partial charge in [-0.05, 0) is 38.3 Å². The maximum atomic E-state index is 12.2. The van der Waals surface area contributed by atoms with Crippen LogP contribution in [-0.2, 0) is 11.3 Å². The number of carbonyl (C=O) groups excluding carboxylic acids is 1. The van der Waals surface area contributed by atoms with Gasteiger partial charge >= 0.3 is 6.03 Å². The molecule has 146 valence electrons. The molecule has 1 saturated heterocycles. The van der Waals surface area contributed by atoms with E-state index in [9.17, 15) is 4.79 Å². The van der Waals surface area contributed by atoms with Crippen LogP contribution in [0.25, 0.3) is 5.69 Å². The van der Waals surface area contributed by atoms with E-state index in [1.54, 1.807) is 26.1 Å². The van der Waals surface area contributed by atoms with Crippen molar-refractivity contribution in [3.05, 3.63) is 41.0 Å². The number of ether oxygens (including phenoxy) is 1. The lowest BCUT2D eigenvalue weighted by Gasteiger charge is -2.33. The van der Waals surface area contributed by atoms with Crippen molar-refractivity contribution in [1.82, 2.24) is 24.6 Å². The summed E-state index contributed by atoms with van der Waals surface area (Å²) in [6, 6.07) is 6.44. The summed E-state index contributed by atoms with van der Waals surface area (Å²) in [5.74, 6) is 1.93. The molecule has 2 aromatic rings. The molecule has 2 heterocycles. The Hall–Kier alpha value is -2.41. The van der Waals surface area contributed by atoms with Crippen LogP contribution in [0.1, 0.15) is 41.5 Å². The highest BCUT2D eigenvalue weighted by atomic mass is 16.5. The van der Waals surface area contributed by atoms with Crippen LogP contribution in [0.15, 0.2) is 18.2 Å². The van der Waals surface area contributed by atoms with E-state index in [0.717, 1.165) is 37.4 Å². The van der Waals surface area contributed by atoms with E-state index < -0.39 is 0 Å². The summed E-state index contributed by atoms with van der Waals surface area (Å²) >= 11 is 0. The highest BCUT2D eigenvalue weighted by molar-refractivity contribution is 5.73. The lowest BCUT2D eigenvalue weighted by molar-refractivity contribution is 0.155. The normalized spacial score (nSPS) is 15.2. The maximum absolute atomic E-state index is 12.2. The van der Waals surface area contributed by atoms with Gasteiger partial charge in [-0.1, -0.05) is 17.7 Å². The fraction of sp³-hybridized carbons (Fsp3) is 0.550. The number of likely N-dealkylation sites (tertiary alicyclic amines) is 1. The number of hydrogen-bond donors (Lipinski definition) is 0. The van der Waals surface area contributed by atoms with Crippen molar-refractivity contribution in [2.24, 2.45) is 0 Å². The molecule has 1 aliphatic heterocycles. The summed E-state index contributed by atoms with van der Waals surface area (Å²) in [6.45, 7) is 6.06. The lowest BCUT2D eigenvalue weighted by Crippen LogP contribution is -2.43. The summed E-state index contributed by atoms with van der Waals surface area (Å²) < 4.78 is 7.22. The monoisotopic (exact) mass is 371 g/mol. The molecule has 1 aromatic heterocycles. The molecule has 0 radical (unpaired) electrons. The summed E-state index contributed by atoms with van der Waals surface area (Å²) in [5, 5.41) is 4.71. The second-order valence-electron chi connectivity index (χ2n) is 7.46. The summed E-state index contributed by atoms with van der Waals surface area (Å²) in [5.41, 5.74) is 3.45. The average Bonchev–Trinajstić information content (AvgIpc) is 3.05. The maximum Gasteiger partial charge on any atom is 0.319 e. The van der Waals surface area contributed by atoms with Gasteiger partial charge in [-0.2, -0.15) is 0 Å². The Labute approximate surface area is 160 Å². The fourth-order valence-electron chi connectivity index (χ4n) is 3.66. The zero-order valence-corrected chi connectivity index (χ0v) is 16.9. The van der Waals surface area contributed by atoms with E-state index in [0.29, 0.717) is 12.4 Å². The van der Waals surface area contributed by atoms with Crippen molar-refractivity contribution in [3.8, 4) is 5.69 Å². The van der Waals surface area contributed by atoms with E-state index in [-0.39, 0.29) is 11.9 Å². The first-order valence-corrected chi connectivity index (χ1v) is 9.39. The van der Waals surface area contributed by atoms with Gasteiger partial charge in [-0.25, -0.2) is 14.5 Å².